The van der Waals surface area contributed by atoms with E-state index in [1.807, 2.05) is 18.2 Å². The maximum Gasteiger partial charge on any atom is 0.175 e. The van der Waals surface area contributed by atoms with E-state index >= 15 is 0 Å². The molecule has 0 bridgehead atoms. The van der Waals surface area contributed by atoms with E-state index in [1.165, 1.54) is 12.5 Å². The molecule has 1 N–H and O–H groups in total. The number of benzene rings is 2. The van der Waals surface area contributed by atoms with Crippen molar-refractivity contribution in [2.45, 2.75) is 17.4 Å². The summed E-state index contributed by atoms with van der Waals surface area (Å²) in [6, 6.07) is 13.2. The summed E-state index contributed by atoms with van der Waals surface area (Å²) in [6.07, 6.45) is 10.7. The molecule has 2 aromatic carbocycles. The molecule has 0 amide bonds. The molecule has 2 heterocycles. The minimum absolute atomic E-state index is 0.0977. The van der Waals surface area contributed by atoms with Crippen LogP contribution < -0.4 is 5.32 Å². The van der Waals surface area contributed by atoms with Gasteiger partial charge in [0.1, 0.15) is 11.6 Å². The molecule has 0 saturated heterocycles. The molecule has 0 aliphatic carbocycles. The maximum absolute atomic E-state index is 14.1. The average molecular weight is 466 g/mol. The summed E-state index contributed by atoms with van der Waals surface area (Å²) in [5.74, 6) is -1.07. The summed E-state index contributed by atoms with van der Waals surface area (Å²) in [7, 11) is -3.22. The zero-order valence-corrected chi connectivity index (χ0v) is 18.6. The lowest BCUT2D eigenvalue weighted by Crippen LogP contribution is -2.12. The molecule has 0 spiro atoms. The fourth-order valence-electron chi connectivity index (χ4n) is 3.38. The van der Waals surface area contributed by atoms with Gasteiger partial charge in [0.25, 0.3) is 0 Å². The van der Waals surface area contributed by atoms with Crippen LogP contribution in [-0.2, 0) is 9.84 Å². The van der Waals surface area contributed by atoms with E-state index in [4.69, 9.17) is 0 Å². The van der Waals surface area contributed by atoms with Gasteiger partial charge >= 0.3 is 0 Å². The Hall–Kier alpha value is -3.65. The Kier molecular flexibility index (Phi) is 6.46. The third-order valence-electron chi connectivity index (χ3n) is 5.07. The third-order valence-corrected chi connectivity index (χ3v) is 6.20. The second kappa shape index (κ2) is 9.46. The molecule has 0 saturated carbocycles. The zero-order chi connectivity index (χ0) is 23.4. The van der Waals surface area contributed by atoms with E-state index in [9.17, 15) is 17.2 Å². The van der Waals surface area contributed by atoms with Crippen molar-refractivity contribution < 1.29 is 17.2 Å². The first-order chi connectivity index (χ1) is 15.8. The number of hydrogen-bond donors (Lipinski definition) is 1. The Morgan fingerprint density at radius 3 is 2.61 bits per heavy atom. The Bertz CT molecular complexity index is 1360. The first kappa shape index (κ1) is 22.5. The summed E-state index contributed by atoms with van der Waals surface area (Å²) in [4.78, 5) is 8.89. The molecular formula is C25H21F2N3O2S. The molecule has 8 heteroatoms. The van der Waals surface area contributed by atoms with Crippen LogP contribution in [-0.4, -0.2) is 31.9 Å². The van der Waals surface area contributed by atoms with Crippen molar-refractivity contribution in [1.29, 1.82) is 0 Å². The van der Waals surface area contributed by atoms with Crippen LogP contribution in [0.25, 0.3) is 17.3 Å². The number of aromatic nitrogens is 1. The number of sulfone groups is 1. The van der Waals surface area contributed by atoms with Crippen molar-refractivity contribution in [3.05, 3.63) is 95.8 Å². The SMILES string of the molecule is CS(=O)(=O)c1ccc(/C=C/C2CC(Nc3ccnc(-c4cc(F)ccc4F)c3)=CC=N2)cc1. The summed E-state index contributed by atoms with van der Waals surface area (Å²) in [5.41, 5.74) is 2.91. The van der Waals surface area contributed by atoms with E-state index < -0.39 is 21.5 Å². The predicted molar refractivity (Wildman–Crippen MR) is 127 cm³/mol. The molecule has 4 rings (SSSR count). The summed E-state index contributed by atoms with van der Waals surface area (Å²) < 4.78 is 50.8. The Labute approximate surface area is 191 Å². The summed E-state index contributed by atoms with van der Waals surface area (Å²) in [5, 5.41) is 3.29. The van der Waals surface area contributed by atoms with E-state index in [2.05, 4.69) is 15.3 Å². The number of nitrogens with one attached hydrogen (secondary N) is 1. The van der Waals surface area contributed by atoms with Gasteiger partial charge in [-0.15, -0.1) is 0 Å². The first-order valence-corrected chi connectivity index (χ1v) is 12.1. The van der Waals surface area contributed by atoms with Crippen LogP contribution in [0.4, 0.5) is 14.5 Å². The standard InChI is InChI=1S/C25H21F2N3O2S/c1-33(31,32)22-7-3-17(4-8-22)2-6-19-15-20(10-12-28-19)30-21-11-13-29-25(16-21)23-14-18(26)5-9-24(23)27/h2-14,16,19H,15H2,1H3,(H,29,30)/b6-2+. The molecule has 168 valence electrons. The molecule has 1 atom stereocenters. The second-order valence-corrected chi connectivity index (χ2v) is 9.66. The lowest BCUT2D eigenvalue weighted by atomic mass is 10.1. The van der Waals surface area contributed by atoms with Crippen LogP contribution in [0.15, 0.2) is 88.5 Å². The van der Waals surface area contributed by atoms with E-state index in [-0.39, 0.29) is 16.5 Å². The highest BCUT2D eigenvalue weighted by Gasteiger charge is 2.12. The quantitative estimate of drug-likeness (QED) is 0.538. The molecule has 33 heavy (non-hydrogen) atoms. The number of dihydropyridines is 1. The second-order valence-electron chi connectivity index (χ2n) is 7.64. The number of nitrogens with zero attached hydrogens (tertiary/aromatic N) is 2. The van der Waals surface area contributed by atoms with Crippen LogP contribution >= 0.6 is 0 Å². The van der Waals surface area contributed by atoms with Gasteiger partial charge in [0.2, 0.25) is 0 Å². The smallest absolute Gasteiger partial charge is 0.175 e. The molecule has 5 nitrogen and oxygen atoms in total. The topological polar surface area (TPSA) is 71.4 Å². The average Bonchev–Trinajstić information content (AvgIpc) is 2.79. The van der Waals surface area contributed by atoms with Crippen LogP contribution in [0, 0.1) is 11.6 Å². The molecule has 1 unspecified atom stereocenters. The number of anilines is 1. The normalized spacial score (nSPS) is 16.1. The van der Waals surface area contributed by atoms with Crippen LogP contribution in [0.1, 0.15) is 12.0 Å². The van der Waals surface area contributed by atoms with Gasteiger partial charge < -0.3 is 5.32 Å². The summed E-state index contributed by atoms with van der Waals surface area (Å²) >= 11 is 0. The van der Waals surface area contributed by atoms with Crippen LogP contribution in [0.5, 0.6) is 0 Å². The van der Waals surface area contributed by atoms with Gasteiger partial charge in [0.15, 0.2) is 9.84 Å². The van der Waals surface area contributed by atoms with E-state index in [0.717, 1.165) is 29.5 Å². The van der Waals surface area contributed by atoms with E-state index in [1.54, 1.807) is 42.6 Å². The molecule has 3 aromatic rings. The van der Waals surface area contributed by atoms with Crippen molar-refractivity contribution >= 4 is 27.8 Å². The summed E-state index contributed by atoms with van der Waals surface area (Å²) in [6.45, 7) is 0. The molecule has 0 fully saturated rings. The Morgan fingerprint density at radius 1 is 1.06 bits per heavy atom. The fourth-order valence-corrected chi connectivity index (χ4v) is 4.01. The van der Waals surface area contributed by atoms with Crippen LogP contribution in [0.2, 0.25) is 0 Å². The van der Waals surface area contributed by atoms with Crippen LogP contribution in [0.3, 0.4) is 0 Å². The lowest BCUT2D eigenvalue weighted by molar-refractivity contribution is 0.602. The van der Waals surface area contributed by atoms with Crippen molar-refractivity contribution in [3.63, 3.8) is 0 Å². The highest BCUT2D eigenvalue weighted by atomic mass is 32.2. The number of halogens is 2. The number of allylic oxidation sites excluding steroid dienone is 1. The Morgan fingerprint density at radius 2 is 1.85 bits per heavy atom. The molecule has 1 aliphatic rings. The monoisotopic (exact) mass is 465 g/mol. The van der Waals surface area contributed by atoms with Gasteiger partial charge in [0, 0.05) is 42.0 Å². The Balaban J connectivity index is 1.43. The number of rotatable bonds is 6. The third kappa shape index (κ3) is 5.78. The molecule has 0 radical (unpaired) electrons. The number of hydrogen-bond acceptors (Lipinski definition) is 5. The van der Waals surface area contributed by atoms with Gasteiger partial charge in [0.05, 0.1) is 16.6 Å². The minimum Gasteiger partial charge on any atom is -0.359 e. The minimum atomic E-state index is -3.22. The van der Waals surface area contributed by atoms with Crippen molar-refractivity contribution in [2.75, 3.05) is 11.6 Å². The molecular weight excluding hydrogens is 444 g/mol. The number of pyridine rings is 1. The molecule has 1 aromatic heterocycles. The highest BCUT2D eigenvalue weighted by Crippen LogP contribution is 2.26. The van der Waals surface area contributed by atoms with Gasteiger partial charge in [-0.2, -0.15) is 0 Å². The van der Waals surface area contributed by atoms with Gasteiger partial charge in [-0.1, -0.05) is 24.3 Å². The first-order valence-electron chi connectivity index (χ1n) is 10.2. The predicted octanol–water partition coefficient (Wildman–Crippen LogP) is 5.28. The maximum atomic E-state index is 14.1. The highest BCUT2D eigenvalue weighted by molar-refractivity contribution is 7.90. The molecule has 1 aliphatic heterocycles. The zero-order valence-electron chi connectivity index (χ0n) is 17.7. The van der Waals surface area contributed by atoms with Crippen molar-refractivity contribution in [3.8, 4) is 11.3 Å². The van der Waals surface area contributed by atoms with Crippen molar-refractivity contribution in [1.82, 2.24) is 4.98 Å². The largest absolute Gasteiger partial charge is 0.359 e. The number of aliphatic imine (C=N–C) groups is 1. The van der Waals surface area contributed by atoms with Gasteiger partial charge in [-0.3, -0.25) is 9.98 Å². The van der Waals surface area contributed by atoms with Gasteiger partial charge in [-0.25, -0.2) is 17.2 Å². The van der Waals surface area contributed by atoms with Gasteiger partial charge in [-0.05, 0) is 54.1 Å². The fraction of sp³-hybridized carbons (Fsp3) is 0.120. The lowest BCUT2D eigenvalue weighted by Gasteiger charge is -2.17. The van der Waals surface area contributed by atoms with E-state index in [0.29, 0.717) is 17.8 Å². The van der Waals surface area contributed by atoms with Crippen molar-refractivity contribution in [2.24, 2.45) is 4.99 Å².